The van der Waals surface area contributed by atoms with Crippen molar-refractivity contribution >= 4 is 23.5 Å². The normalized spacial score (nSPS) is 12.0. The van der Waals surface area contributed by atoms with Gasteiger partial charge in [-0.15, -0.1) is 11.6 Å². The molecule has 0 heterocycles. The van der Waals surface area contributed by atoms with E-state index in [4.69, 9.17) is 21.1 Å². The van der Waals surface area contributed by atoms with Crippen molar-refractivity contribution in [3.8, 4) is 0 Å². The standard InChI is InChI=1S/C16H29ClO4/c1-3-4-5-6-7-8-9-12-20-15(18)10-11-16(19)21-13-14(2)17/h14H,3-13H2,1-2H3. The van der Waals surface area contributed by atoms with Gasteiger partial charge in [0.1, 0.15) is 6.61 Å². The van der Waals surface area contributed by atoms with E-state index in [0.717, 1.165) is 12.8 Å². The van der Waals surface area contributed by atoms with Crippen LogP contribution in [0.4, 0.5) is 0 Å². The maximum absolute atomic E-state index is 11.4. The van der Waals surface area contributed by atoms with E-state index < -0.39 is 5.97 Å². The quantitative estimate of drug-likeness (QED) is 0.289. The summed E-state index contributed by atoms with van der Waals surface area (Å²) in [5.74, 6) is -0.743. The van der Waals surface area contributed by atoms with E-state index >= 15 is 0 Å². The number of rotatable bonds is 13. The van der Waals surface area contributed by atoms with E-state index in [1.807, 2.05) is 0 Å². The van der Waals surface area contributed by atoms with Crippen molar-refractivity contribution in [1.82, 2.24) is 0 Å². The highest BCUT2D eigenvalue weighted by atomic mass is 35.5. The molecule has 0 radical (unpaired) electrons. The third kappa shape index (κ3) is 15.4. The van der Waals surface area contributed by atoms with Crippen molar-refractivity contribution in [3.63, 3.8) is 0 Å². The van der Waals surface area contributed by atoms with E-state index in [1.54, 1.807) is 6.92 Å². The van der Waals surface area contributed by atoms with Crippen LogP contribution in [-0.2, 0) is 19.1 Å². The molecule has 21 heavy (non-hydrogen) atoms. The van der Waals surface area contributed by atoms with Gasteiger partial charge in [0.25, 0.3) is 0 Å². The number of carbonyl (C=O) groups is 2. The van der Waals surface area contributed by atoms with Crippen LogP contribution < -0.4 is 0 Å². The largest absolute Gasteiger partial charge is 0.466 e. The molecule has 4 nitrogen and oxygen atoms in total. The second kappa shape index (κ2) is 14.2. The van der Waals surface area contributed by atoms with E-state index in [-0.39, 0.29) is 30.8 Å². The molecule has 0 saturated carbocycles. The Morgan fingerprint density at radius 2 is 1.43 bits per heavy atom. The van der Waals surface area contributed by atoms with Crippen molar-refractivity contribution < 1.29 is 19.1 Å². The van der Waals surface area contributed by atoms with Gasteiger partial charge < -0.3 is 9.47 Å². The van der Waals surface area contributed by atoms with Crippen LogP contribution in [0.15, 0.2) is 0 Å². The van der Waals surface area contributed by atoms with Gasteiger partial charge in [0.2, 0.25) is 0 Å². The first kappa shape index (κ1) is 20.2. The minimum absolute atomic E-state index is 0.0550. The van der Waals surface area contributed by atoms with Gasteiger partial charge in [-0.25, -0.2) is 0 Å². The zero-order chi connectivity index (χ0) is 15.9. The number of hydrogen-bond acceptors (Lipinski definition) is 4. The highest BCUT2D eigenvalue weighted by Crippen LogP contribution is 2.07. The highest BCUT2D eigenvalue weighted by molar-refractivity contribution is 6.20. The van der Waals surface area contributed by atoms with E-state index in [9.17, 15) is 9.59 Å². The van der Waals surface area contributed by atoms with Gasteiger partial charge in [-0.05, 0) is 13.3 Å². The fourth-order valence-corrected chi connectivity index (χ4v) is 1.86. The summed E-state index contributed by atoms with van der Waals surface area (Å²) in [6.45, 7) is 4.56. The summed E-state index contributed by atoms with van der Waals surface area (Å²) in [7, 11) is 0. The summed E-state index contributed by atoms with van der Waals surface area (Å²) in [5.41, 5.74) is 0. The minimum Gasteiger partial charge on any atom is -0.466 e. The molecule has 0 aliphatic heterocycles. The van der Waals surface area contributed by atoms with Crippen molar-refractivity contribution in [1.29, 1.82) is 0 Å². The average Bonchev–Trinajstić information content (AvgIpc) is 2.45. The SMILES string of the molecule is CCCCCCCCCOC(=O)CCC(=O)OCC(C)Cl. The van der Waals surface area contributed by atoms with Crippen LogP contribution in [0.2, 0.25) is 0 Å². The molecule has 0 bridgehead atoms. The smallest absolute Gasteiger partial charge is 0.306 e. The Morgan fingerprint density at radius 3 is 2.00 bits per heavy atom. The molecule has 1 atom stereocenters. The Bertz CT molecular complexity index is 279. The predicted octanol–water partition coefficient (Wildman–Crippen LogP) is 4.23. The number of hydrogen-bond donors (Lipinski definition) is 0. The molecule has 0 aromatic rings. The van der Waals surface area contributed by atoms with Crippen LogP contribution >= 0.6 is 11.6 Å². The molecule has 0 spiro atoms. The number of alkyl halides is 1. The molecule has 0 fully saturated rings. The van der Waals surface area contributed by atoms with Gasteiger partial charge in [-0.2, -0.15) is 0 Å². The lowest BCUT2D eigenvalue weighted by molar-refractivity contribution is -0.150. The monoisotopic (exact) mass is 320 g/mol. The molecule has 0 N–H and O–H groups in total. The molecular formula is C16H29ClO4. The van der Waals surface area contributed by atoms with E-state index in [1.165, 1.54) is 32.1 Å². The van der Waals surface area contributed by atoms with Gasteiger partial charge in [-0.3, -0.25) is 9.59 Å². The van der Waals surface area contributed by atoms with Crippen LogP contribution in [0.3, 0.4) is 0 Å². The van der Waals surface area contributed by atoms with Gasteiger partial charge in [0.05, 0.1) is 24.8 Å². The van der Waals surface area contributed by atoms with Gasteiger partial charge in [-0.1, -0.05) is 45.4 Å². The molecule has 0 aliphatic carbocycles. The van der Waals surface area contributed by atoms with Crippen molar-refractivity contribution in [2.75, 3.05) is 13.2 Å². The molecule has 0 saturated heterocycles. The van der Waals surface area contributed by atoms with Crippen molar-refractivity contribution in [2.24, 2.45) is 0 Å². The van der Waals surface area contributed by atoms with Crippen LogP contribution in [0, 0.1) is 0 Å². The molecule has 124 valence electrons. The maximum Gasteiger partial charge on any atom is 0.306 e. The Balaban J connectivity index is 3.36. The van der Waals surface area contributed by atoms with Gasteiger partial charge >= 0.3 is 11.9 Å². The Kier molecular flexibility index (Phi) is 13.7. The predicted molar refractivity (Wildman–Crippen MR) is 84.5 cm³/mol. The third-order valence-electron chi connectivity index (χ3n) is 3.02. The van der Waals surface area contributed by atoms with Crippen molar-refractivity contribution in [3.05, 3.63) is 0 Å². The zero-order valence-electron chi connectivity index (χ0n) is 13.4. The highest BCUT2D eigenvalue weighted by Gasteiger charge is 2.10. The molecule has 1 unspecified atom stereocenters. The summed E-state index contributed by atoms with van der Waals surface area (Å²) in [6, 6.07) is 0. The number of unbranched alkanes of at least 4 members (excludes halogenated alkanes) is 6. The first-order valence-corrected chi connectivity index (χ1v) is 8.45. The first-order valence-electron chi connectivity index (χ1n) is 8.01. The van der Waals surface area contributed by atoms with Crippen LogP contribution in [0.5, 0.6) is 0 Å². The molecule has 0 rings (SSSR count). The molecule has 5 heteroatoms. The van der Waals surface area contributed by atoms with Gasteiger partial charge in [0.15, 0.2) is 0 Å². The fraction of sp³-hybridized carbons (Fsp3) is 0.875. The number of ether oxygens (including phenoxy) is 2. The van der Waals surface area contributed by atoms with E-state index in [0.29, 0.717) is 6.61 Å². The second-order valence-corrected chi connectivity index (χ2v) is 6.05. The second-order valence-electron chi connectivity index (χ2n) is 5.31. The lowest BCUT2D eigenvalue weighted by Crippen LogP contribution is -2.14. The first-order chi connectivity index (χ1) is 10.1. The third-order valence-corrected chi connectivity index (χ3v) is 3.14. The summed E-state index contributed by atoms with van der Waals surface area (Å²) < 4.78 is 9.94. The number of carbonyl (C=O) groups excluding carboxylic acids is 2. The Labute approximate surface area is 133 Å². The fourth-order valence-electron chi connectivity index (χ4n) is 1.80. The molecular weight excluding hydrogens is 292 g/mol. The summed E-state index contributed by atoms with van der Waals surface area (Å²) in [4.78, 5) is 22.7. The van der Waals surface area contributed by atoms with Crippen molar-refractivity contribution in [2.45, 2.75) is 77.0 Å². The zero-order valence-corrected chi connectivity index (χ0v) is 14.1. The van der Waals surface area contributed by atoms with Crippen LogP contribution in [0.25, 0.3) is 0 Å². The summed E-state index contributed by atoms with van der Waals surface area (Å²) in [5, 5.41) is -0.210. The van der Waals surface area contributed by atoms with Gasteiger partial charge in [0, 0.05) is 0 Å². The topological polar surface area (TPSA) is 52.6 Å². The molecule has 0 aromatic heterocycles. The summed E-state index contributed by atoms with van der Waals surface area (Å²) in [6.07, 6.45) is 8.41. The molecule has 0 amide bonds. The lowest BCUT2D eigenvalue weighted by Gasteiger charge is -2.06. The Hall–Kier alpha value is -0.770. The average molecular weight is 321 g/mol. The Morgan fingerprint density at radius 1 is 0.905 bits per heavy atom. The lowest BCUT2D eigenvalue weighted by atomic mass is 10.1. The maximum atomic E-state index is 11.4. The molecule has 0 aromatic carbocycles. The van der Waals surface area contributed by atoms with Crippen LogP contribution in [-0.4, -0.2) is 30.5 Å². The number of halogens is 1. The molecule has 0 aliphatic rings. The number of esters is 2. The minimum atomic E-state index is -0.407. The summed E-state index contributed by atoms with van der Waals surface area (Å²) >= 11 is 5.65. The van der Waals surface area contributed by atoms with Crippen LogP contribution in [0.1, 0.15) is 71.6 Å². The van der Waals surface area contributed by atoms with E-state index in [2.05, 4.69) is 6.92 Å².